The van der Waals surface area contributed by atoms with Crippen LogP contribution in [-0.2, 0) is 0 Å². The zero-order valence-electron chi connectivity index (χ0n) is 16.7. The second-order valence-electron chi connectivity index (χ2n) is 6.89. The van der Waals surface area contributed by atoms with Crippen molar-refractivity contribution in [1.82, 2.24) is 10.6 Å². The number of carbonyl (C=O) groups excluding carboxylic acids is 1. The average Bonchev–Trinajstić information content (AvgIpc) is 2.73. The Morgan fingerprint density at radius 1 is 1.19 bits per heavy atom. The highest BCUT2D eigenvalue weighted by Gasteiger charge is 2.65. The summed E-state index contributed by atoms with van der Waals surface area (Å²) in [7, 11) is 1.39. The van der Waals surface area contributed by atoms with E-state index in [0.717, 1.165) is 0 Å². The third-order valence-corrected chi connectivity index (χ3v) is 5.21. The van der Waals surface area contributed by atoms with Crippen LogP contribution in [0.2, 0.25) is 0 Å². The van der Waals surface area contributed by atoms with Gasteiger partial charge in [-0.25, -0.2) is 0 Å². The van der Waals surface area contributed by atoms with Crippen LogP contribution in [0.5, 0.6) is 11.5 Å². The molecule has 1 heterocycles. The Bertz CT molecular complexity index is 971. The second-order valence-corrected chi connectivity index (χ2v) is 7.30. The van der Waals surface area contributed by atoms with Gasteiger partial charge in [0, 0.05) is 5.56 Å². The lowest BCUT2D eigenvalue weighted by atomic mass is 9.77. The van der Waals surface area contributed by atoms with Gasteiger partial charge in [0.25, 0.3) is 0 Å². The van der Waals surface area contributed by atoms with Crippen LogP contribution in [0.1, 0.15) is 28.9 Å². The van der Waals surface area contributed by atoms with Gasteiger partial charge < -0.3 is 25.2 Å². The van der Waals surface area contributed by atoms with Gasteiger partial charge in [-0.3, -0.25) is 4.79 Å². The minimum Gasteiger partial charge on any atom is -0.493 e. The highest BCUT2D eigenvalue weighted by atomic mass is 32.1. The van der Waals surface area contributed by atoms with Crippen LogP contribution >= 0.6 is 12.2 Å². The number of carbonyl (C=O) groups is 1. The molecule has 0 radical (unpaired) electrons. The summed E-state index contributed by atoms with van der Waals surface area (Å²) in [5.41, 5.74) is -3.30. The predicted octanol–water partition coefficient (Wildman–Crippen LogP) is 3.36. The van der Waals surface area contributed by atoms with E-state index in [1.807, 2.05) is 5.32 Å². The van der Waals surface area contributed by atoms with Crippen molar-refractivity contribution < 1.29 is 32.5 Å². The van der Waals surface area contributed by atoms with E-state index in [-0.39, 0.29) is 16.9 Å². The third-order valence-electron chi connectivity index (χ3n) is 4.99. The van der Waals surface area contributed by atoms with E-state index in [0.29, 0.717) is 12.4 Å². The fourth-order valence-electron chi connectivity index (χ4n) is 3.55. The summed E-state index contributed by atoms with van der Waals surface area (Å²) in [6.45, 7) is 2.13. The molecule has 0 saturated carbocycles. The van der Waals surface area contributed by atoms with E-state index in [1.165, 1.54) is 49.6 Å². The summed E-state index contributed by atoms with van der Waals surface area (Å²) >= 11 is 4.94. The molecule has 3 N–H and O–H groups in total. The first kappa shape index (κ1) is 22.8. The van der Waals surface area contributed by atoms with Crippen molar-refractivity contribution in [2.24, 2.45) is 5.92 Å². The largest absolute Gasteiger partial charge is 0.493 e. The topological polar surface area (TPSA) is 79.8 Å². The Labute approximate surface area is 182 Å². The lowest BCUT2D eigenvalue weighted by Gasteiger charge is -2.46. The fourth-order valence-corrected chi connectivity index (χ4v) is 3.83. The zero-order valence-corrected chi connectivity index (χ0v) is 17.5. The van der Waals surface area contributed by atoms with Gasteiger partial charge in [-0.1, -0.05) is 36.4 Å². The van der Waals surface area contributed by atoms with Crippen LogP contribution in [0, 0.1) is 5.92 Å². The predicted molar refractivity (Wildman–Crippen MR) is 111 cm³/mol. The van der Waals surface area contributed by atoms with Gasteiger partial charge >= 0.3 is 6.18 Å². The summed E-state index contributed by atoms with van der Waals surface area (Å²) in [5.74, 6) is -2.22. The summed E-state index contributed by atoms with van der Waals surface area (Å²) in [4.78, 5) is 13.2. The maximum absolute atomic E-state index is 14.0. The summed E-state index contributed by atoms with van der Waals surface area (Å²) < 4.78 is 52.8. The van der Waals surface area contributed by atoms with Crippen LogP contribution in [0.25, 0.3) is 0 Å². The normalized spacial score (nSPS) is 23.5. The van der Waals surface area contributed by atoms with Gasteiger partial charge in [0.15, 0.2) is 22.4 Å². The van der Waals surface area contributed by atoms with E-state index >= 15 is 0 Å². The molecule has 2 aromatic rings. The molecule has 1 fully saturated rings. The molecule has 0 unspecified atom stereocenters. The van der Waals surface area contributed by atoms with Crippen LogP contribution in [0.15, 0.2) is 48.5 Å². The quantitative estimate of drug-likeness (QED) is 0.456. The number of thiocarbonyl (C=S) groups is 1. The van der Waals surface area contributed by atoms with Gasteiger partial charge in [0.1, 0.15) is 5.92 Å². The van der Waals surface area contributed by atoms with Crippen LogP contribution in [0.3, 0.4) is 0 Å². The van der Waals surface area contributed by atoms with Crippen LogP contribution in [0.4, 0.5) is 13.2 Å². The highest BCUT2D eigenvalue weighted by Crippen LogP contribution is 2.45. The Morgan fingerprint density at radius 2 is 1.87 bits per heavy atom. The number of nitrogens with one attached hydrogen (secondary N) is 2. The molecule has 2 aromatic carbocycles. The molecule has 31 heavy (non-hydrogen) atoms. The molecule has 0 spiro atoms. The molecule has 0 aromatic heterocycles. The Hall–Kier alpha value is -2.85. The first-order valence-electron chi connectivity index (χ1n) is 9.40. The number of benzene rings is 2. The number of aliphatic hydroxyl groups is 1. The molecule has 3 atom stereocenters. The molecule has 1 saturated heterocycles. The Balaban J connectivity index is 2.16. The van der Waals surface area contributed by atoms with Crippen molar-refractivity contribution >= 4 is 23.1 Å². The molecule has 0 aliphatic carbocycles. The SMILES string of the molecule is CCOc1ccc([C@H]2NC(=S)N[C@@](O)(C(F)(F)F)[C@@H]2C(=O)c2ccccc2)cc1OC. The average molecular weight is 454 g/mol. The zero-order chi connectivity index (χ0) is 22.8. The van der Waals surface area contributed by atoms with Gasteiger partial charge in [-0.05, 0) is 36.8 Å². The maximum atomic E-state index is 14.0. The van der Waals surface area contributed by atoms with Gasteiger partial charge in [0.2, 0.25) is 5.72 Å². The second kappa shape index (κ2) is 8.72. The Kier molecular flexibility index (Phi) is 6.42. The molecule has 1 aliphatic rings. The molecular formula is C21H21F3N2O4S. The van der Waals surface area contributed by atoms with E-state index in [2.05, 4.69) is 5.32 Å². The van der Waals surface area contributed by atoms with E-state index in [4.69, 9.17) is 21.7 Å². The first-order valence-corrected chi connectivity index (χ1v) is 9.81. The molecule has 0 amide bonds. The number of ether oxygens (including phenoxy) is 2. The molecule has 166 valence electrons. The number of methoxy groups -OCH3 is 1. The van der Waals surface area contributed by atoms with Crippen molar-refractivity contribution in [3.8, 4) is 11.5 Å². The van der Waals surface area contributed by atoms with E-state index in [9.17, 15) is 23.1 Å². The lowest BCUT2D eigenvalue weighted by Crippen LogP contribution is -2.72. The Morgan fingerprint density at radius 3 is 2.45 bits per heavy atom. The number of hydrogen-bond donors (Lipinski definition) is 3. The number of halogens is 3. The molecule has 6 nitrogen and oxygen atoms in total. The van der Waals surface area contributed by atoms with E-state index in [1.54, 1.807) is 13.0 Å². The van der Waals surface area contributed by atoms with Gasteiger partial charge in [0.05, 0.1) is 19.8 Å². The standard InChI is InChI=1S/C21H21F3N2O4S/c1-3-30-14-10-9-13(11-15(14)29-2)17-16(18(27)12-7-5-4-6-8-12)20(28,21(22,23)24)26-19(31)25-17/h4-11,16-17,28H,3H2,1-2H3,(H2,25,26,31)/t16-,17+,20-/m0/s1. The molecule has 0 bridgehead atoms. The molecule has 10 heteroatoms. The van der Waals surface area contributed by atoms with Crippen molar-refractivity contribution in [3.05, 3.63) is 59.7 Å². The van der Waals surface area contributed by atoms with Crippen molar-refractivity contribution in [1.29, 1.82) is 0 Å². The smallest absolute Gasteiger partial charge is 0.437 e. The maximum Gasteiger partial charge on any atom is 0.437 e. The number of ketones is 1. The molecule has 3 rings (SSSR count). The summed E-state index contributed by atoms with van der Waals surface area (Å²) in [5, 5.41) is 14.9. The number of rotatable bonds is 6. The minimum atomic E-state index is -5.19. The third kappa shape index (κ3) is 4.31. The van der Waals surface area contributed by atoms with Gasteiger partial charge in [-0.15, -0.1) is 0 Å². The van der Waals surface area contributed by atoms with Crippen molar-refractivity contribution in [2.45, 2.75) is 24.9 Å². The van der Waals surface area contributed by atoms with Gasteiger partial charge in [-0.2, -0.15) is 13.2 Å². The first-order chi connectivity index (χ1) is 14.6. The molecular weight excluding hydrogens is 433 g/mol. The van der Waals surface area contributed by atoms with Crippen molar-refractivity contribution in [2.75, 3.05) is 13.7 Å². The number of Topliss-reactive ketones (excluding diaryl/α,β-unsaturated/α-hetero) is 1. The summed E-state index contributed by atoms with van der Waals surface area (Å²) in [6.07, 6.45) is -5.19. The van der Waals surface area contributed by atoms with Crippen molar-refractivity contribution in [3.63, 3.8) is 0 Å². The number of hydrogen-bond acceptors (Lipinski definition) is 5. The van der Waals surface area contributed by atoms with Crippen LogP contribution in [-0.4, -0.2) is 41.6 Å². The summed E-state index contributed by atoms with van der Waals surface area (Å²) in [6, 6.07) is 10.7. The van der Waals surface area contributed by atoms with Crippen LogP contribution < -0.4 is 20.1 Å². The lowest BCUT2D eigenvalue weighted by molar-refractivity contribution is -0.285. The highest BCUT2D eigenvalue weighted by molar-refractivity contribution is 7.80. The minimum absolute atomic E-state index is 0.0227. The van der Waals surface area contributed by atoms with E-state index < -0.39 is 34.8 Å². The monoisotopic (exact) mass is 454 g/mol. The molecule has 1 aliphatic heterocycles. The fraction of sp³-hybridized carbons (Fsp3) is 0.333. The number of alkyl halides is 3.